The summed E-state index contributed by atoms with van der Waals surface area (Å²) in [7, 11) is 0. The van der Waals surface area contributed by atoms with Crippen molar-refractivity contribution in [3.8, 4) is 5.75 Å². The fourth-order valence-electron chi connectivity index (χ4n) is 2.47. The summed E-state index contributed by atoms with van der Waals surface area (Å²) in [5.41, 5.74) is 5.89. The van der Waals surface area contributed by atoms with Gasteiger partial charge in [0.05, 0.1) is 11.1 Å². The number of benzene rings is 1. The van der Waals surface area contributed by atoms with E-state index in [2.05, 4.69) is 21.2 Å². The molecule has 1 fully saturated rings. The Bertz CT molecular complexity index is 367. The molecule has 1 heterocycles. The molecule has 1 aliphatic rings. The third kappa shape index (κ3) is 3.70. The second-order valence-corrected chi connectivity index (χ2v) is 5.68. The highest BCUT2D eigenvalue weighted by atomic mass is 79.9. The predicted molar refractivity (Wildman–Crippen MR) is 77.8 cm³/mol. The average molecular weight is 313 g/mol. The maximum absolute atomic E-state index is 5.90. The zero-order chi connectivity index (χ0) is 12.8. The molecule has 1 aromatic carbocycles. The Labute approximate surface area is 117 Å². The standard InChI is InChI=1S/C14H21BrN2O/c15-13-3-1-2-4-14(13)18-10-12(9-16)11-5-7-17-8-6-11/h1-4,11-12,17H,5-10,16H2. The maximum atomic E-state index is 5.90. The second kappa shape index (κ2) is 7.12. The Morgan fingerprint density at radius 1 is 1.33 bits per heavy atom. The molecule has 18 heavy (non-hydrogen) atoms. The Hall–Kier alpha value is -0.580. The van der Waals surface area contributed by atoms with Crippen LogP contribution in [0.25, 0.3) is 0 Å². The SMILES string of the molecule is NCC(COc1ccccc1Br)C1CCNCC1. The first-order valence-electron chi connectivity index (χ1n) is 6.59. The van der Waals surface area contributed by atoms with Gasteiger partial charge in [0, 0.05) is 5.92 Å². The molecular formula is C14H21BrN2O. The quantitative estimate of drug-likeness (QED) is 0.877. The second-order valence-electron chi connectivity index (χ2n) is 4.82. The van der Waals surface area contributed by atoms with Gasteiger partial charge in [0.1, 0.15) is 5.75 Å². The fraction of sp³-hybridized carbons (Fsp3) is 0.571. The first kappa shape index (κ1) is 13.8. The van der Waals surface area contributed by atoms with E-state index < -0.39 is 0 Å². The van der Waals surface area contributed by atoms with Crippen LogP contribution in [0.4, 0.5) is 0 Å². The summed E-state index contributed by atoms with van der Waals surface area (Å²) < 4.78 is 6.90. The van der Waals surface area contributed by atoms with E-state index in [1.165, 1.54) is 12.8 Å². The molecule has 1 saturated heterocycles. The van der Waals surface area contributed by atoms with Gasteiger partial charge in [-0.25, -0.2) is 0 Å². The number of para-hydroxylation sites is 1. The molecule has 3 nitrogen and oxygen atoms in total. The van der Waals surface area contributed by atoms with E-state index in [1.807, 2.05) is 24.3 Å². The molecule has 1 aliphatic heterocycles. The molecule has 0 radical (unpaired) electrons. The summed E-state index contributed by atoms with van der Waals surface area (Å²) in [6, 6.07) is 7.96. The number of piperidine rings is 1. The molecule has 0 bridgehead atoms. The van der Waals surface area contributed by atoms with Crippen molar-refractivity contribution in [2.24, 2.45) is 17.6 Å². The molecule has 2 rings (SSSR count). The van der Waals surface area contributed by atoms with Crippen molar-refractivity contribution < 1.29 is 4.74 Å². The van der Waals surface area contributed by atoms with Crippen molar-refractivity contribution in [3.63, 3.8) is 0 Å². The van der Waals surface area contributed by atoms with Crippen LogP contribution in [0, 0.1) is 11.8 Å². The largest absolute Gasteiger partial charge is 0.492 e. The van der Waals surface area contributed by atoms with Crippen molar-refractivity contribution in [2.75, 3.05) is 26.2 Å². The summed E-state index contributed by atoms with van der Waals surface area (Å²) in [5.74, 6) is 2.06. The number of hydrogen-bond donors (Lipinski definition) is 2. The summed E-state index contributed by atoms with van der Waals surface area (Å²) in [5, 5.41) is 3.39. The van der Waals surface area contributed by atoms with Crippen molar-refractivity contribution >= 4 is 15.9 Å². The Morgan fingerprint density at radius 2 is 2.06 bits per heavy atom. The van der Waals surface area contributed by atoms with Gasteiger partial charge in [0.25, 0.3) is 0 Å². The van der Waals surface area contributed by atoms with E-state index in [4.69, 9.17) is 10.5 Å². The molecule has 0 aliphatic carbocycles. The van der Waals surface area contributed by atoms with Gasteiger partial charge >= 0.3 is 0 Å². The number of halogens is 1. The highest BCUT2D eigenvalue weighted by Gasteiger charge is 2.23. The molecule has 1 atom stereocenters. The van der Waals surface area contributed by atoms with Crippen LogP contribution in [0.2, 0.25) is 0 Å². The van der Waals surface area contributed by atoms with Gasteiger partial charge < -0.3 is 15.8 Å². The lowest BCUT2D eigenvalue weighted by molar-refractivity contribution is 0.172. The average Bonchev–Trinajstić information content (AvgIpc) is 2.42. The van der Waals surface area contributed by atoms with Gasteiger partial charge in [0.15, 0.2) is 0 Å². The van der Waals surface area contributed by atoms with E-state index in [0.717, 1.165) is 23.3 Å². The molecule has 4 heteroatoms. The highest BCUT2D eigenvalue weighted by molar-refractivity contribution is 9.10. The van der Waals surface area contributed by atoms with E-state index in [9.17, 15) is 0 Å². The minimum absolute atomic E-state index is 0.458. The van der Waals surface area contributed by atoms with Gasteiger partial charge in [-0.1, -0.05) is 12.1 Å². The minimum atomic E-state index is 0.458. The number of hydrogen-bond acceptors (Lipinski definition) is 3. The van der Waals surface area contributed by atoms with Gasteiger partial charge in [0.2, 0.25) is 0 Å². The first-order chi connectivity index (χ1) is 8.81. The van der Waals surface area contributed by atoms with Crippen LogP contribution < -0.4 is 15.8 Å². The highest BCUT2D eigenvalue weighted by Crippen LogP contribution is 2.26. The van der Waals surface area contributed by atoms with E-state index in [1.54, 1.807) is 0 Å². The van der Waals surface area contributed by atoms with Gasteiger partial charge in [-0.2, -0.15) is 0 Å². The Balaban J connectivity index is 1.88. The lowest BCUT2D eigenvalue weighted by Crippen LogP contribution is -2.37. The van der Waals surface area contributed by atoms with Crippen molar-refractivity contribution in [2.45, 2.75) is 12.8 Å². The van der Waals surface area contributed by atoms with Crippen LogP contribution in [0.5, 0.6) is 5.75 Å². The molecule has 0 amide bonds. The molecule has 3 N–H and O–H groups in total. The summed E-state index contributed by atoms with van der Waals surface area (Å²) in [6.07, 6.45) is 2.42. The Kier molecular flexibility index (Phi) is 5.47. The normalized spacial score (nSPS) is 18.6. The summed E-state index contributed by atoms with van der Waals surface area (Å²) >= 11 is 3.50. The molecule has 0 aromatic heterocycles. The molecule has 0 spiro atoms. The zero-order valence-corrected chi connectivity index (χ0v) is 12.2. The van der Waals surface area contributed by atoms with E-state index in [0.29, 0.717) is 25.0 Å². The summed E-state index contributed by atoms with van der Waals surface area (Å²) in [6.45, 7) is 3.63. The maximum Gasteiger partial charge on any atom is 0.133 e. The predicted octanol–water partition coefficient (Wildman–Crippen LogP) is 2.40. The van der Waals surface area contributed by atoms with Crippen LogP contribution in [-0.2, 0) is 0 Å². The van der Waals surface area contributed by atoms with Crippen molar-refractivity contribution in [1.82, 2.24) is 5.32 Å². The summed E-state index contributed by atoms with van der Waals surface area (Å²) in [4.78, 5) is 0. The van der Waals surface area contributed by atoms with E-state index >= 15 is 0 Å². The zero-order valence-electron chi connectivity index (χ0n) is 10.6. The van der Waals surface area contributed by atoms with Crippen LogP contribution in [-0.4, -0.2) is 26.2 Å². The molecule has 100 valence electrons. The lowest BCUT2D eigenvalue weighted by atomic mass is 9.85. The lowest BCUT2D eigenvalue weighted by Gasteiger charge is -2.29. The molecule has 0 saturated carbocycles. The van der Waals surface area contributed by atoms with Crippen molar-refractivity contribution in [1.29, 1.82) is 0 Å². The molecule has 1 aromatic rings. The smallest absolute Gasteiger partial charge is 0.133 e. The topological polar surface area (TPSA) is 47.3 Å². The first-order valence-corrected chi connectivity index (χ1v) is 7.38. The number of nitrogens with two attached hydrogens (primary N) is 1. The van der Waals surface area contributed by atoms with Gasteiger partial charge in [-0.05, 0) is 66.5 Å². The number of nitrogens with one attached hydrogen (secondary N) is 1. The monoisotopic (exact) mass is 312 g/mol. The van der Waals surface area contributed by atoms with Crippen molar-refractivity contribution in [3.05, 3.63) is 28.7 Å². The van der Waals surface area contributed by atoms with Crippen LogP contribution in [0.3, 0.4) is 0 Å². The van der Waals surface area contributed by atoms with E-state index in [-0.39, 0.29) is 0 Å². The fourth-order valence-corrected chi connectivity index (χ4v) is 2.87. The van der Waals surface area contributed by atoms with Crippen LogP contribution in [0.15, 0.2) is 28.7 Å². The molecular weight excluding hydrogens is 292 g/mol. The third-order valence-electron chi connectivity index (χ3n) is 3.64. The van der Waals surface area contributed by atoms with Crippen LogP contribution >= 0.6 is 15.9 Å². The third-order valence-corrected chi connectivity index (χ3v) is 4.30. The molecule has 1 unspecified atom stereocenters. The van der Waals surface area contributed by atoms with Gasteiger partial charge in [-0.15, -0.1) is 0 Å². The number of rotatable bonds is 5. The number of ether oxygens (including phenoxy) is 1. The Morgan fingerprint density at radius 3 is 2.72 bits per heavy atom. The minimum Gasteiger partial charge on any atom is -0.492 e. The van der Waals surface area contributed by atoms with Crippen LogP contribution in [0.1, 0.15) is 12.8 Å². The van der Waals surface area contributed by atoms with Gasteiger partial charge in [-0.3, -0.25) is 0 Å².